The lowest BCUT2D eigenvalue weighted by Gasteiger charge is -2.23. The molecule has 3 aromatic carbocycles. The van der Waals surface area contributed by atoms with Crippen molar-refractivity contribution in [3.05, 3.63) is 95.4 Å². The fraction of sp³-hybridized carbons (Fsp3) is 0.226. The molecular formula is C31H28FN2O9P. The van der Waals surface area contributed by atoms with Crippen LogP contribution in [0.5, 0.6) is 17.2 Å². The number of carbonyl (C=O) groups excluding carboxylic acids is 3. The third kappa shape index (κ3) is 6.27. The number of nitrogens with zero attached hydrogens (tertiary/aromatic N) is 2. The number of phenols is 1. The Bertz CT molecular complexity index is 1770. The Kier molecular flexibility index (Phi) is 8.93. The maximum atomic E-state index is 13.9. The van der Waals surface area contributed by atoms with E-state index in [1.54, 1.807) is 49.4 Å². The number of fused-ring (bicyclic) bond motifs is 2. The van der Waals surface area contributed by atoms with Crippen molar-refractivity contribution in [2.24, 2.45) is 0 Å². The van der Waals surface area contributed by atoms with Crippen molar-refractivity contribution in [3.8, 4) is 17.2 Å². The summed E-state index contributed by atoms with van der Waals surface area (Å²) in [4.78, 5) is 44.4. The summed E-state index contributed by atoms with van der Waals surface area (Å²) in [5.74, 6) is -3.07. The minimum atomic E-state index is -4.07. The molecule has 0 bridgehead atoms. The van der Waals surface area contributed by atoms with E-state index < -0.39 is 43.1 Å². The Balaban J connectivity index is 1.46. The zero-order valence-electron chi connectivity index (χ0n) is 23.8. The van der Waals surface area contributed by atoms with Gasteiger partial charge in [-0.15, -0.1) is 0 Å². The molecule has 1 N–H and O–H groups in total. The predicted molar refractivity (Wildman–Crippen MR) is 156 cm³/mol. The molecule has 1 aliphatic heterocycles. The zero-order chi connectivity index (χ0) is 31.4. The number of hydrogen-bond acceptors (Lipinski definition) is 10. The molecule has 0 saturated carbocycles. The number of esters is 1. The molecule has 0 aliphatic carbocycles. The summed E-state index contributed by atoms with van der Waals surface area (Å²) in [6, 6.07) is 16.6. The maximum absolute atomic E-state index is 13.9. The Morgan fingerprint density at radius 2 is 1.73 bits per heavy atom. The second kappa shape index (κ2) is 12.8. The first-order valence-corrected chi connectivity index (χ1v) is 15.4. The van der Waals surface area contributed by atoms with E-state index in [1.165, 1.54) is 37.4 Å². The van der Waals surface area contributed by atoms with Gasteiger partial charge >= 0.3 is 13.6 Å². The Morgan fingerprint density at radius 3 is 2.43 bits per heavy atom. The fourth-order valence-electron chi connectivity index (χ4n) is 4.67. The number of aromatic nitrogens is 1. The quantitative estimate of drug-likeness (QED) is 0.122. The van der Waals surface area contributed by atoms with Crippen LogP contribution in [0.25, 0.3) is 10.9 Å². The Hall–Kier alpha value is -4.80. The highest BCUT2D eigenvalue weighted by molar-refractivity contribution is 7.54. The third-order valence-corrected chi connectivity index (χ3v) is 8.56. The summed E-state index contributed by atoms with van der Waals surface area (Å²) in [5.41, 5.74) is 0.00305. The molecule has 228 valence electrons. The maximum Gasteiger partial charge on any atom is 0.383 e. The molecule has 0 spiro atoms. The van der Waals surface area contributed by atoms with E-state index in [0.29, 0.717) is 5.56 Å². The van der Waals surface area contributed by atoms with Crippen molar-refractivity contribution in [1.82, 2.24) is 9.88 Å². The topological polar surface area (TPSA) is 142 Å². The average Bonchev–Trinajstić information content (AvgIpc) is 3.25. The lowest BCUT2D eigenvalue weighted by Crippen LogP contribution is -2.29. The second-order valence-electron chi connectivity index (χ2n) is 9.74. The highest BCUT2D eigenvalue weighted by Gasteiger charge is 2.43. The van der Waals surface area contributed by atoms with Gasteiger partial charge in [-0.2, -0.15) is 0 Å². The second-order valence-corrected chi connectivity index (χ2v) is 11.8. The number of benzene rings is 3. The summed E-state index contributed by atoms with van der Waals surface area (Å²) in [5, 5.41) is 11.3. The van der Waals surface area contributed by atoms with Gasteiger partial charge in [0, 0.05) is 11.6 Å². The molecule has 1 aromatic heterocycles. The lowest BCUT2D eigenvalue weighted by molar-refractivity contribution is -0.150. The van der Waals surface area contributed by atoms with Crippen LogP contribution in [0.15, 0.2) is 72.9 Å². The number of carbonyl (C=O) groups is 3. The van der Waals surface area contributed by atoms with E-state index in [4.69, 9.17) is 18.5 Å². The SMILES string of the molecule is CCOC(=O)C(C)OP(=O)(CCOc1c2c(c(O)c3ncccc13)C(=O)N(Cc1ccc(F)cc1)C2=O)Oc1ccccc1. The largest absolute Gasteiger partial charge is 0.505 e. The monoisotopic (exact) mass is 622 g/mol. The van der Waals surface area contributed by atoms with Crippen molar-refractivity contribution >= 4 is 36.3 Å². The molecule has 4 aromatic rings. The van der Waals surface area contributed by atoms with Crippen molar-refractivity contribution < 1.29 is 47.0 Å². The van der Waals surface area contributed by atoms with Gasteiger partial charge in [0.25, 0.3) is 11.8 Å². The predicted octanol–water partition coefficient (Wildman–Crippen LogP) is 5.49. The molecular weight excluding hydrogens is 594 g/mol. The lowest BCUT2D eigenvalue weighted by atomic mass is 10.0. The van der Waals surface area contributed by atoms with E-state index >= 15 is 0 Å². The molecule has 11 nitrogen and oxygen atoms in total. The van der Waals surface area contributed by atoms with Crippen molar-refractivity contribution in [3.63, 3.8) is 0 Å². The molecule has 2 amide bonds. The third-order valence-electron chi connectivity index (χ3n) is 6.70. The highest BCUT2D eigenvalue weighted by Crippen LogP contribution is 2.50. The molecule has 0 fully saturated rings. The molecule has 2 atom stereocenters. The Morgan fingerprint density at radius 1 is 1.02 bits per heavy atom. The van der Waals surface area contributed by atoms with E-state index in [1.807, 2.05) is 0 Å². The van der Waals surface area contributed by atoms with Gasteiger partial charge in [0.15, 0.2) is 11.9 Å². The summed E-state index contributed by atoms with van der Waals surface area (Å²) in [7, 11) is -4.07. The van der Waals surface area contributed by atoms with Crippen LogP contribution in [0.4, 0.5) is 4.39 Å². The molecule has 0 saturated heterocycles. The Labute approximate surface area is 251 Å². The van der Waals surface area contributed by atoms with Crippen LogP contribution in [0.2, 0.25) is 0 Å². The average molecular weight is 623 g/mol. The number of ether oxygens (including phenoxy) is 2. The first kappa shape index (κ1) is 30.7. The van der Waals surface area contributed by atoms with E-state index in [-0.39, 0.29) is 59.4 Å². The number of hydrogen-bond donors (Lipinski definition) is 1. The standard InChI is InChI=1S/C31H28FN2O9P/c1-3-40-31(38)19(2)42-44(39,43-22-8-5-4-6-9-22)17-16-41-28-23-10-7-15-33-26(23)27(35)24-25(28)30(37)34(29(24)36)18-20-11-13-21(32)14-12-20/h4-15,19,35H,3,16-18H2,1-2H3. The number of pyridine rings is 1. The van der Waals surface area contributed by atoms with Crippen molar-refractivity contribution in [1.29, 1.82) is 0 Å². The number of rotatable bonds is 12. The van der Waals surface area contributed by atoms with E-state index in [0.717, 1.165) is 4.90 Å². The van der Waals surface area contributed by atoms with Gasteiger partial charge in [-0.3, -0.25) is 24.0 Å². The summed E-state index contributed by atoms with van der Waals surface area (Å²) in [6.07, 6.45) is -0.195. The van der Waals surface area contributed by atoms with Gasteiger partial charge < -0.3 is 19.1 Å². The van der Waals surface area contributed by atoms with Crippen LogP contribution in [0.3, 0.4) is 0 Å². The van der Waals surface area contributed by atoms with E-state index in [9.17, 15) is 28.4 Å². The van der Waals surface area contributed by atoms with Crippen molar-refractivity contribution in [2.75, 3.05) is 19.4 Å². The normalized spacial score (nSPS) is 14.7. The molecule has 2 unspecified atom stereocenters. The molecule has 0 radical (unpaired) electrons. The van der Waals surface area contributed by atoms with Crippen LogP contribution in [-0.2, 0) is 25.2 Å². The van der Waals surface area contributed by atoms with Gasteiger partial charge in [0.2, 0.25) is 0 Å². The summed E-state index contributed by atoms with van der Waals surface area (Å²) >= 11 is 0. The molecule has 13 heteroatoms. The smallest absolute Gasteiger partial charge is 0.383 e. The molecule has 1 aliphatic rings. The number of aromatic hydroxyl groups is 1. The van der Waals surface area contributed by atoms with Gasteiger partial charge in [-0.1, -0.05) is 30.3 Å². The summed E-state index contributed by atoms with van der Waals surface area (Å²) < 4.78 is 49.6. The van der Waals surface area contributed by atoms with Gasteiger partial charge in [-0.05, 0) is 55.8 Å². The number of halogens is 1. The van der Waals surface area contributed by atoms with Gasteiger partial charge in [0.05, 0.1) is 24.9 Å². The minimum absolute atomic E-state index is 0.0157. The molecule has 44 heavy (non-hydrogen) atoms. The van der Waals surface area contributed by atoms with Crippen LogP contribution in [-0.4, -0.2) is 58.3 Å². The minimum Gasteiger partial charge on any atom is -0.505 e. The van der Waals surface area contributed by atoms with E-state index in [2.05, 4.69) is 4.98 Å². The number of imide groups is 1. The fourth-order valence-corrected chi connectivity index (χ4v) is 6.23. The molecule has 2 heterocycles. The first-order valence-electron chi connectivity index (χ1n) is 13.7. The first-order chi connectivity index (χ1) is 21.1. The molecule has 5 rings (SSSR count). The van der Waals surface area contributed by atoms with Crippen LogP contribution >= 0.6 is 7.60 Å². The number of para-hydroxylation sites is 1. The van der Waals surface area contributed by atoms with Gasteiger partial charge in [-0.25, -0.2) is 13.8 Å². The van der Waals surface area contributed by atoms with Crippen LogP contribution in [0, 0.1) is 5.82 Å². The summed E-state index contributed by atoms with van der Waals surface area (Å²) in [6.45, 7) is 2.57. The van der Waals surface area contributed by atoms with Crippen LogP contribution in [0.1, 0.15) is 40.1 Å². The zero-order valence-corrected chi connectivity index (χ0v) is 24.7. The van der Waals surface area contributed by atoms with Crippen LogP contribution < -0.4 is 9.26 Å². The number of amides is 2. The highest BCUT2D eigenvalue weighted by atomic mass is 31.2. The van der Waals surface area contributed by atoms with Crippen molar-refractivity contribution in [2.45, 2.75) is 26.5 Å². The van der Waals surface area contributed by atoms with Gasteiger partial charge in [0.1, 0.15) is 35.0 Å². The number of phenolic OH excluding ortho intramolecular Hbond substituents is 1.